The van der Waals surface area contributed by atoms with Crippen LogP contribution in [-0.4, -0.2) is 50.7 Å². The van der Waals surface area contributed by atoms with E-state index in [0.29, 0.717) is 34.0 Å². The second-order valence-corrected chi connectivity index (χ2v) is 10.1. The van der Waals surface area contributed by atoms with Gasteiger partial charge in [-0.1, -0.05) is 0 Å². The third kappa shape index (κ3) is 3.31. The summed E-state index contributed by atoms with van der Waals surface area (Å²) in [4.78, 5) is 19.1. The monoisotopic (exact) mass is 477 g/mol. The van der Waals surface area contributed by atoms with Gasteiger partial charge in [0.1, 0.15) is 23.0 Å². The largest absolute Gasteiger partial charge is 0.423 e. The van der Waals surface area contributed by atoms with Crippen LogP contribution in [0.15, 0.2) is 30.5 Å². The molecule has 1 saturated heterocycles. The molecule has 0 amide bonds. The predicted molar refractivity (Wildman–Crippen MR) is 132 cm³/mol. The van der Waals surface area contributed by atoms with Crippen LogP contribution in [0.1, 0.15) is 38.5 Å². The molecule has 10 heteroatoms. The van der Waals surface area contributed by atoms with Crippen LogP contribution in [-0.2, 0) is 0 Å². The lowest BCUT2D eigenvalue weighted by atomic mass is 9.52. The summed E-state index contributed by atoms with van der Waals surface area (Å²) in [5.74, 6) is 0.795. The van der Waals surface area contributed by atoms with E-state index in [9.17, 15) is 9.50 Å². The maximum Gasteiger partial charge on any atom is 0.326 e. The first-order valence-corrected chi connectivity index (χ1v) is 11.8. The zero-order valence-electron chi connectivity index (χ0n) is 19.9. The zero-order valence-corrected chi connectivity index (χ0v) is 19.9. The Balaban J connectivity index is 1.46. The highest BCUT2D eigenvalue weighted by molar-refractivity contribution is 6.14. The number of hydrogen-bond acceptors (Lipinski definition) is 8. The number of aromatic amines is 1. The molecule has 4 heterocycles. The van der Waals surface area contributed by atoms with Gasteiger partial charge in [-0.05, 0) is 51.0 Å². The van der Waals surface area contributed by atoms with Crippen molar-refractivity contribution in [3.8, 4) is 11.8 Å². The Morgan fingerprint density at radius 1 is 1.26 bits per heavy atom. The van der Waals surface area contributed by atoms with Crippen LogP contribution in [0.5, 0.6) is 11.8 Å². The van der Waals surface area contributed by atoms with Crippen LogP contribution in [0.4, 0.5) is 15.9 Å². The van der Waals surface area contributed by atoms with Crippen molar-refractivity contribution < 1.29 is 14.2 Å². The van der Waals surface area contributed by atoms with Gasteiger partial charge in [0.25, 0.3) is 0 Å². The Hall–Kier alpha value is -3.50. The average molecular weight is 478 g/mol. The number of hydrogen-bond donors (Lipinski definition) is 4. The number of benzene rings is 1. The van der Waals surface area contributed by atoms with Crippen molar-refractivity contribution in [1.82, 2.24) is 19.9 Å². The van der Waals surface area contributed by atoms with Gasteiger partial charge in [0.2, 0.25) is 0 Å². The minimum absolute atomic E-state index is 0.0690. The van der Waals surface area contributed by atoms with Crippen molar-refractivity contribution >= 4 is 33.4 Å². The van der Waals surface area contributed by atoms with E-state index in [1.807, 2.05) is 0 Å². The van der Waals surface area contributed by atoms with Gasteiger partial charge in [-0.15, -0.1) is 0 Å². The molecule has 1 aliphatic carbocycles. The number of fused-ring (bicyclic) bond motifs is 3. The van der Waals surface area contributed by atoms with E-state index >= 15 is 0 Å². The molecular formula is C25H28FN7O2. The number of aliphatic hydroxyl groups excluding tert-OH is 1. The van der Waals surface area contributed by atoms with Crippen molar-refractivity contribution in [3.05, 3.63) is 42.0 Å². The van der Waals surface area contributed by atoms with Gasteiger partial charge >= 0.3 is 6.01 Å². The molecule has 2 atom stereocenters. The lowest BCUT2D eigenvalue weighted by Crippen LogP contribution is -2.75. The second kappa shape index (κ2) is 7.50. The minimum atomic E-state index is -0.671. The number of rotatable bonds is 5. The third-order valence-corrected chi connectivity index (χ3v) is 7.77. The highest BCUT2D eigenvalue weighted by Crippen LogP contribution is 2.55. The van der Waals surface area contributed by atoms with Gasteiger partial charge < -0.3 is 30.8 Å². The average Bonchev–Trinajstić information content (AvgIpc) is 3.15. The van der Waals surface area contributed by atoms with E-state index < -0.39 is 6.10 Å². The number of anilines is 2. The van der Waals surface area contributed by atoms with Crippen LogP contribution >= 0.6 is 0 Å². The van der Waals surface area contributed by atoms with Crippen LogP contribution < -0.4 is 20.7 Å². The van der Waals surface area contributed by atoms with Crippen molar-refractivity contribution in [1.29, 1.82) is 0 Å². The molecule has 9 nitrogen and oxygen atoms in total. The van der Waals surface area contributed by atoms with Crippen LogP contribution in [0.25, 0.3) is 21.9 Å². The number of nitrogens with two attached hydrogens (primary N) is 1. The van der Waals surface area contributed by atoms with Gasteiger partial charge in [-0.25, -0.2) is 4.39 Å². The number of nitrogens with zero attached hydrogens (tertiary/aromatic N) is 4. The molecule has 1 saturated carbocycles. The fraction of sp³-hybridized carbons (Fsp3) is 0.400. The van der Waals surface area contributed by atoms with E-state index in [0.717, 1.165) is 36.8 Å². The van der Waals surface area contributed by atoms with Gasteiger partial charge in [-0.2, -0.15) is 9.97 Å². The summed E-state index contributed by atoms with van der Waals surface area (Å²) < 4.78 is 20.5. The molecule has 3 aromatic heterocycles. The molecule has 0 radical (unpaired) electrons. The molecular weight excluding hydrogens is 449 g/mol. The van der Waals surface area contributed by atoms with E-state index in [4.69, 9.17) is 15.5 Å². The van der Waals surface area contributed by atoms with E-state index in [1.54, 1.807) is 26.1 Å². The molecule has 1 aliphatic heterocycles. The van der Waals surface area contributed by atoms with E-state index in [1.165, 1.54) is 18.3 Å². The summed E-state index contributed by atoms with van der Waals surface area (Å²) in [6.07, 6.45) is 2.95. The van der Waals surface area contributed by atoms with Gasteiger partial charge in [0.15, 0.2) is 0 Å². The molecule has 6 rings (SSSR count). The van der Waals surface area contributed by atoms with Crippen LogP contribution in [0, 0.1) is 11.2 Å². The molecule has 2 fully saturated rings. The number of H-pyrrole nitrogens is 1. The number of halogens is 1. The number of aromatic nitrogens is 4. The van der Waals surface area contributed by atoms with Gasteiger partial charge in [0, 0.05) is 36.5 Å². The standard InChI is InChI=1S/C25H28FN7O2/c1-13(34)17-5-4-15(10-29-17)35-23-31-21-19(16-8-14(26)9-18(28-3)20(16)30-21)22(32-23)33-11-25(12-33)7-6-24(25,2)27/h4-5,8-10,13,28,34H,6-7,11-12,27H2,1-3H3,(H,30,31,32)/t13?,24-/m0/s1. The molecule has 2 aliphatic rings. The lowest BCUT2D eigenvalue weighted by Gasteiger charge is -2.65. The summed E-state index contributed by atoms with van der Waals surface area (Å²) >= 11 is 0. The molecule has 35 heavy (non-hydrogen) atoms. The number of ether oxygens (including phenoxy) is 1. The quantitative estimate of drug-likeness (QED) is 0.342. The van der Waals surface area contributed by atoms with Crippen molar-refractivity contribution in [2.75, 3.05) is 30.4 Å². The fourth-order valence-electron chi connectivity index (χ4n) is 5.33. The Labute approximate surface area is 201 Å². The molecule has 1 aromatic carbocycles. The summed E-state index contributed by atoms with van der Waals surface area (Å²) in [5.41, 5.74) is 8.90. The first kappa shape index (κ1) is 22.0. The molecule has 5 N–H and O–H groups in total. The molecule has 1 unspecified atom stereocenters. The van der Waals surface area contributed by atoms with Crippen LogP contribution in [0.2, 0.25) is 0 Å². The zero-order chi connectivity index (χ0) is 24.5. The maximum atomic E-state index is 14.5. The summed E-state index contributed by atoms with van der Waals surface area (Å²) in [5, 5.41) is 14.2. The first-order chi connectivity index (χ1) is 16.7. The first-order valence-electron chi connectivity index (χ1n) is 11.8. The smallest absolute Gasteiger partial charge is 0.326 e. The molecule has 4 aromatic rings. The number of aliphatic hydroxyl groups is 1. The predicted octanol–water partition coefficient (Wildman–Crippen LogP) is 3.85. The summed E-state index contributed by atoms with van der Waals surface area (Å²) in [6.45, 7) is 5.31. The highest BCUT2D eigenvalue weighted by Gasteiger charge is 2.60. The van der Waals surface area contributed by atoms with Gasteiger partial charge in [-0.3, -0.25) is 4.98 Å². The minimum Gasteiger partial charge on any atom is -0.423 e. The van der Waals surface area contributed by atoms with Gasteiger partial charge in [0.05, 0.1) is 34.6 Å². The topological polar surface area (TPSA) is 125 Å². The fourth-order valence-corrected chi connectivity index (χ4v) is 5.33. The lowest BCUT2D eigenvalue weighted by molar-refractivity contribution is -0.0168. The maximum absolute atomic E-state index is 14.5. The molecule has 0 bridgehead atoms. The highest BCUT2D eigenvalue weighted by atomic mass is 19.1. The molecule has 1 spiro atoms. The van der Waals surface area contributed by atoms with Crippen molar-refractivity contribution in [2.45, 2.75) is 38.3 Å². The van der Waals surface area contributed by atoms with Crippen LogP contribution in [0.3, 0.4) is 0 Å². The Kier molecular flexibility index (Phi) is 4.71. The Morgan fingerprint density at radius 2 is 2.06 bits per heavy atom. The van der Waals surface area contributed by atoms with E-state index in [2.05, 4.69) is 32.1 Å². The third-order valence-electron chi connectivity index (χ3n) is 7.77. The van der Waals surface area contributed by atoms with Crippen molar-refractivity contribution in [2.24, 2.45) is 11.1 Å². The van der Waals surface area contributed by atoms with E-state index in [-0.39, 0.29) is 22.8 Å². The Bertz CT molecular complexity index is 1440. The summed E-state index contributed by atoms with van der Waals surface area (Å²) in [6, 6.07) is 6.52. The molecule has 182 valence electrons. The number of pyridine rings is 1. The number of nitrogens with one attached hydrogen (secondary N) is 2. The second-order valence-electron chi connectivity index (χ2n) is 10.1. The normalized spacial score (nSPS) is 21.7. The summed E-state index contributed by atoms with van der Waals surface area (Å²) in [7, 11) is 1.75. The Morgan fingerprint density at radius 3 is 2.66 bits per heavy atom. The van der Waals surface area contributed by atoms with Crippen molar-refractivity contribution in [3.63, 3.8) is 0 Å². The SMILES string of the molecule is CNc1cc(F)cc2c1[nH]c1nc(Oc3ccc(C(C)O)nc3)nc(N3CC4(CC[C@]4(C)N)C3)c12.